The van der Waals surface area contributed by atoms with Crippen molar-refractivity contribution in [2.75, 3.05) is 13.2 Å². The number of pyridine rings is 1. The summed E-state index contributed by atoms with van der Waals surface area (Å²) >= 11 is 1.36. The van der Waals surface area contributed by atoms with E-state index in [0.717, 1.165) is 4.90 Å². The molecule has 1 aromatic carbocycles. The molecule has 0 bridgehead atoms. The van der Waals surface area contributed by atoms with Gasteiger partial charge in [-0.15, -0.1) is 0 Å². The summed E-state index contributed by atoms with van der Waals surface area (Å²) in [5, 5.41) is 9.14. The summed E-state index contributed by atoms with van der Waals surface area (Å²) in [5.41, 5.74) is 0.187. The minimum Gasteiger partial charge on any atom is -0.486 e. The van der Waals surface area contributed by atoms with Gasteiger partial charge in [0.1, 0.15) is 13.2 Å². The van der Waals surface area contributed by atoms with Crippen molar-refractivity contribution < 1.29 is 19.4 Å². The van der Waals surface area contributed by atoms with Crippen molar-refractivity contribution >= 4 is 17.7 Å². The Morgan fingerprint density at radius 1 is 1.20 bits per heavy atom. The summed E-state index contributed by atoms with van der Waals surface area (Å²) in [7, 11) is 0. The maximum Gasteiger partial charge on any atom is 0.338 e. The molecule has 0 aliphatic carbocycles. The molecule has 3 rings (SSSR count). The predicted octanol–water partition coefficient (Wildman–Crippen LogP) is 2.70. The Kier molecular flexibility index (Phi) is 3.47. The minimum atomic E-state index is -0.988. The fraction of sp³-hybridized carbons (Fsp3) is 0.143. The molecule has 2 aromatic rings. The van der Waals surface area contributed by atoms with E-state index in [9.17, 15) is 4.79 Å². The summed E-state index contributed by atoms with van der Waals surface area (Å²) in [5.74, 6) is 0.416. The molecule has 1 aromatic heterocycles. The fourth-order valence-corrected chi connectivity index (χ4v) is 2.78. The lowest BCUT2D eigenvalue weighted by molar-refractivity contribution is 0.0692. The smallest absolute Gasteiger partial charge is 0.338 e. The molecule has 0 saturated carbocycles. The molecular weight excluding hydrogens is 278 g/mol. The van der Waals surface area contributed by atoms with Crippen LogP contribution in [0.1, 0.15) is 10.4 Å². The molecule has 102 valence electrons. The summed E-state index contributed by atoms with van der Waals surface area (Å²) in [4.78, 5) is 16.5. The van der Waals surface area contributed by atoms with Crippen molar-refractivity contribution in [1.82, 2.24) is 4.98 Å². The highest BCUT2D eigenvalue weighted by Crippen LogP contribution is 2.37. The Morgan fingerprint density at radius 2 is 2.00 bits per heavy atom. The van der Waals surface area contributed by atoms with E-state index in [1.54, 1.807) is 12.3 Å². The molecule has 20 heavy (non-hydrogen) atoms. The fourth-order valence-electron chi connectivity index (χ4n) is 1.85. The van der Waals surface area contributed by atoms with Crippen LogP contribution in [0, 0.1) is 0 Å². The zero-order chi connectivity index (χ0) is 13.9. The van der Waals surface area contributed by atoms with Crippen LogP contribution >= 0.6 is 11.8 Å². The van der Waals surface area contributed by atoms with Gasteiger partial charge in [0.2, 0.25) is 0 Å². The first-order chi connectivity index (χ1) is 9.74. The average Bonchev–Trinajstić information content (AvgIpc) is 2.47. The molecule has 0 unspecified atom stereocenters. The third kappa shape index (κ3) is 2.55. The number of ether oxygens (including phenoxy) is 2. The number of nitrogens with zero attached hydrogens (tertiary/aromatic N) is 1. The standard InChI is InChI=1S/C14H11NO4S/c16-14(17)10-8-15-4-3-13(10)20-9-1-2-11-12(7-9)19-6-5-18-11/h1-4,7-8H,5-6H2,(H,16,17). The normalized spacial score (nSPS) is 13.0. The number of hydrogen-bond donors (Lipinski definition) is 1. The van der Waals surface area contributed by atoms with Crippen LogP contribution in [0.2, 0.25) is 0 Å². The number of carbonyl (C=O) groups is 1. The molecule has 1 N–H and O–H groups in total. The van der Waals surface area contributed by atoms with Gasteiger partial charge in [-0.1, -0.05) is 11.8 Å². The van der Waals surface area contributed by atoms with E-state index in [2.05, 4.69) is 4.98 Å². The summed E-state index contributed by atoms with van der Waals surface area (Å²) in [6.07, 6.45) is 2.93. The van der Waals surface area contributed by atoms with E-state index >= 15 is 0 Å². The van der Waals surface area contributed by atoms with E-state index in [-0.39, 0.29) is 5.56 Å². The molecule has 5 nitrogen and oxygen atoms in total. The molecule has 6 heteroatoms. The maximum absolute atomic E-state index is 11.1. The second-order valence-electron chi connectivity index (χ2n) is 4.08. The molecule has 1 aliphatic rings. The topological polar surface area (TPSA) is 68.7 Å². The number of aromatic carboxylic acids is 1. The van der Waals surface area contributed by atoms with Gasteiger partial charge in [0.15, 0.2) is 11.5 Å². The van der Waals surface area contributed by atoms with Crippen LogP contribution in [0.15, 0.2) is 46.5 Å². The van der Waals surface area contributed by atoms with Crippen molar-refractivity contribution in [2.45, 2.75) is 9.79 Å². The molecule has 0 radical (unpaired) electrons. The van der Waals surface area contributed by atoms with Crippen LogP contribution in [0.4, 0.5) is 0 Å². The SMILES string of the molecule is O=C(O)c1cnccc1Sc1ccc2c(c1)OCCO2. The van der Waals surface area contributed by atoms with E-state index in [0.29, 0.717) is 29.6 Å². The lowest BCUT2D eigenvalue weighted by Crippen LogP contribution is -2.15. The van der Waals surface area contributed by atoms with Crippen LogP contribution in [0.5, 0.6) is 11.5 Å². The van der Waals surface area contributed by atoms with Crippen molar-refractivity contribution in [3.05, 3.63) is 42.2 Å². The van der Waals surface area contributed by atoms with Crippen LogP contribution in [-0.2, 0) is 0 Å². The average molecular weight is 289 g/mol. The van der Waals surface area contributed by atoms with Crippen molar-refractivity contribution in [2.24, 2.45) is 0 Å². The monoisotopic (exact) mass is 289 g/mol. The Labute approximate surface area is 119 Å². The summed E-state index contributed by atoms with van der Waals surface area (Å²) in [6.45, 7) is 1.07. The zero-order valence-electron chi connectivity index (χ0n) is 10.4. The predicted molar refractivity (Wildman–Crippen MR) is 72.8 cm³/mol. The Hall–Kier alpha value is -2.21. The molecule has 0 atom stereocenters. The molecule has 1 aliphatic heterocycles. The van der Waals surface area contributed by atoms with E-state index < -0.39 is 5.97 Å². The molecule has 0 spiro atoms. The first-order valence-electron chi connectivity index (χ1n) is 5.99. The van der Waals surface area contributed by atoms with Gasteiger partial charge in [0, 0.05) is 22.2 Å². The lowest BCUT2D eigenvalue weighted by atomic mass is 10.3. The number of hydrogen-bond acceptors (Lipinski definition) is 5. The minimum absolute atomic E-state index is 0.187. The van der Waals surface area contributed by atoms with Crippen molar-refractivity contribution in [3.63, 3.8) is 0 Å². The zero-order valence-corrected chi connectivity index (χ0v) is 11.2. The summed E-state index contributed by atoms with van der Waals surface area (Å²) < 4.78 is 11.0. The second kappa shape index (κ2) is 5.42. The molecule has 0 fully saturated rings. The third-order valence-electron chi connectivity index (χ3n) is 2.75. The second-order valence-corrected chi connectivity index (χ2v) is 5.20. The maximum atomic E-state index is 11.1. The first-order valence-corrected chi connectivity index (χ1v) is 6.80. The molecule has 0 saturated heterocycles. The third-order valence-corrected chi connectivity index (χ3v) is 3.82. The highest BCUT2D eigenvalue weighted by Gasteiger charge is 2.14. The number of fused-ring (bicyclic) bond motifs is 1. The highest BCUT2D eigenvalue weighted by atomic mass is 32.2. The first kappa shape index (κ1) is 12.8. The number of carboxylic acid groups (broad SMARTS) is 1. The van der Waals surface area contributed by atoms with Gasteiger partial charge in [-0.3, -0.25) is 4.98 Å². The number of benzene rings is 1. The van der Waals surface area contributed by atoms with Gasteiger partial charge >= 0.3 is 5.97 Å². The quantitative estimate of drug-likeness (QED) is 0.937. The van der Waals surface area contributed by atoms with Crippen LogP contribution in [0.3, 0.4) is 0 Å². The van der Waals surface area contributed by atoms with Gasteiger partial charge in [0.25, 0.3) is 0 Å². The summed E-state index contributed by atoms with van der Waals surface area (Å²) in [6, 6.07) is 7.25. The molecular formula is C14H11NO4S. The number of rotatable bonds is 3. The Bertz CT molecular complexity index is 659. The molecule has 2 heterocycles. The van der Waals surface area contributed by atoms with E-state index in [1.165, 1.54) is 18.0 Å². The lowest BCUT2D eigenvalue weighted by Gasteiger charge is -2.18. The largest absolute Gasteiger partial charge is 0.486 e. The van der Waals surface area contributed by atoms with Gasteiger partial charge < -0.3 is 14.6 Å². The van der Waals surface area contributed by atoms with E-state index in [4.69, 9.17) is 14.6 Å². The van der Waals surface area contributed by atoms with Crippen molar-refractivity contribution in [3.8, 4) is 11.5 Å². The van der Waals surface area contributed by atoms with E-state index in [1.807, 2.05) is 18.2 Å². The van der Waals surface area contributed by atoms with Gasteiger partial charge in [-0.25, -0.2) is 4.79 Å². The van der Waals surface area contributed by atoms with Gasteiger partial charge in [-0.2, -0.15) is 0 Å². The van der Waals surface area contributed by atoms with Gasteiger partial charge in [-0.05, 0) is 24.3 Å². The Balaban J connectivity index is 1.90. The molecule has 0 amide bonds. The van der Waals surface area contributed by atoms with Crippen LogP contribution in [0.25, 0.3) is 0 Å². The van der Waals surface area contributed by atoms with Crippen LogP contribution < -0.4 is 9.47 Å². The Morgan fingerprint density at radius 3 is 2.80 bits per heavy atom. The van der Waals surface area contributed by atoms with Crippen LogP contribution in [-0.4, -0.2) is 29.3 Å². The number of carboxylic acids is 1. The van der Waals surface area contributed by atoms with Gasteiger partial charge in [0.05, 0.1) is 5.56 Å². The highest BCUT2D eigenvalue weighted by molar-refractivity contribution is 7.99. The van der Waals surface area contributed by atoms with Crippen molar-refractivity contribution in [1.29, 1.82) is 0 Å². The number of aromatic nitrogens is 1.